The topological polar surface area (TPSA) is 41.6 Å². The molecule has 0 bridgehead atoms. The minimum absolute atomic E-state index is 0.0376. The summed E-state index contributed by atoms with van der Waals surface area (Å²) in [5, 5.41) is 3.79. The molecule has 1 aliphatic carbocycles. The highest BCUT2D eigenvalue weighted by Crippen LogP contribution is 2.56. The number of piperidine rings is 1. The first-order valence-electron chi connectivity index (χ1n) is 10.9. The molecule has 0 amide bonds. The number of ketones is 1. The average molecular weight is 391 g/mol. The molecule has 4 nitrogen and oxygen atoms in total. The first-order chi connectivity index (χ1) is 14.2. The molecule has 2 fully saturated rings. The molecule has 2 aliphatic heterocycles. The summed E-state index contributed by atoms with van der Waals surface area (Å²) in [5.41, 5.74) is 4.02. The van der Waals surface area contributed by atoms with Gasteiger partial charge < -0.3 is 10.1 Å². The highest BCUT2D eigenvalue weighted by Gasteiger charge is 2.60. The van der Waals surface area contributed by atoms with E-state index >= 15 is 0 Å². The van der Waals surface area contributed by atoms with E-state index in [1.54, 1.807) is 7.11 Å². The second kappa shape index (κ2) is 7.17. The maximum Gasteiger partial charge on any atom is 0.138 e. The van der Waals surface area contributed by atoms with Gasteiger partial charge in [-0.15, -0.1) is 0 Å². The van der Waals surface area contributed by atoms with E-state index in [0.717, 1.165) is 44.6 Å². The van der Waals surface area contributed by atoms with Gasteiger partial charge in [-0.1, -0.05) is 37.3 Å². The summed E-state index contributed by atoms with van der Waals surface area (Å²) in [6.07, 6.45) is 2.74. The van der Waals surface area contributed by atoms with Crippen LogP contribution in [0.25, 0.3) is 0 Å². The number of rotatable bonds is 4. The number of Topliss-reactive ketones (excluding diaryl/α,β-unsaturated/α-hetero) is 1. The van der Waals surface area contributed by atoms with Gasteiger partial charge in [-0.3, -0.25) is 9.69 Å². The lowest BCUT2D eigenvalue weighted by molar-refractivity contribution is -0.131. The van der Waals surface area contributed by atoms with Crippen molar-refractivity contribution >= 4 is 11.5 Å². The lowest BCUT2D eigenvalue weighted by Gasteiger charge is -2.54. The predicted octanol–water partition coefficient (Wildman–Crippen LogP) is 4.25. The Hall–Kier alpha value is -2.33. The van der Waals surface area contributed by atoms with Crippen LogP contribution >= 0.6 is 0 Å². The van der Waals surface area contributed by atoms with E-state index in [1.807, 2.05) is 12.1 Å². The Kier molecular flexibility index (Phi) is 4.62. The maximum atomic E-state index is 12.9. The predicted molar refractivity (Wildman–Crippen MR) is 115 cm³/mol. The van der Waals surface area contributed by atoms with Crippen LogP contribution in [-0.4, -0.2) is 36.9 Å². The molecule has 0 radical (unpaired) electrons. The monoisotopic (exact) mass is 390 g/mol. The fraction of sp³-hybridized carbons (Fsp3) is 0.480. The Labute approximate surface area is 173 Å². The molecule has 4 heteroatoms. The summed E-state index contributed by atoms with van der Waals surface area (Å²) >= 11 is 0. The van der Waals surface area contributed by atoms with E-state index in [2.05, 4.69) is 53.5 Å². The van der Waals surface area contributed by atoms with Gasteiger partial charge in [-0.05, 0) is 54.6 Å². The van der Waals surface area contributed by atoms with Crippen LogP contribution in [0, 0.1) is 11.8 Å². The fourth-order valence-corrected chi connectivity index (χ4v) is 6.22. The normalized spacial score (nSPS) is 30.8. The molecular weight excluding hydrogens is 360 g/mol. The van der Waals surface area contributed by atoms with Gasteiger partial charge in [0.25, 0.3) is 0 Å². The van der Waals surface area contributed by atoms with Gasteiger partial charge in [0.15, 0.2) is 0 Å². The number of benzene rings is 2. The fourth-order valence-electron chi connectivity index (χ4n) is 6.22. The van der Waals surface area contributed by atoms with Crippen molar-refractivity contribution in [3.05, 3.63) is 59.7 Å². The van der Waals surface area contributed by atoms with E-state index in [-0.39, 0.29) is 17.4 Å². The van der Waals surface area contributed by atoms with Crippen LogP contribution in [0.4, 0.5) is 5.69 Å². The largest absolute Gasteiger partial charge is 0.497 e. The second-order valence-electron chi connectivity index (χ2n) is 8.94. The molecule has 2 aromatic carbocycles. The number of para-hydroxylation sites is 1. The van der Waals surface area contributed by atoms with E-state index in [4.69, 9.17) is 4.74 Å². The minimum Gasteiger partial charge on any atom is -0.497 e. The van der Waals surface area contributed by atoms with Crippen molar-refractivity contribution < 1.29 is 9.53 Å². The zero-order chi connectivity index (χ0) is 20.0. The minimum atomic E-state index is 0.0376. The van der Waals surface area contributed by atoms with Crippen molar-refractivity contribution in [2.75, 3.05) is 25.5 Å². The van der Waals surface area contributed by atoms with Crippen molar-refractivity contribution in [2.24, 2.45) is 11.8 Å². The highest BCUT2D eigenvalue weighted by atomic mass is 16.5. The maximum absolute atomic E-state index is 12.9. The zero-order valence-corrected chi connectivity index (χ0v) is 17.4. The molecule has 2 heterocycles. The van der Waals surface area contributed by atoms with E-state index in [1.165, 1.54) is 16.8 Å². The van der Waals surface area contributed by atoms with Crippen molar-refractivity contribution in [3.8, 4) is 5.75 Å². The summed E-state index contributed by atoms with van der Waals surface area (Å²) in [4.78, 5) is 15.5. The third kappa shape index (κ3) is 2.88. The molecule has 1 spiro atoms. The number of ether oxygens (including phenoxy) is 1. The van der Waals surface area contributed by atoms with Crippen LogP contribution in [0.15, 0.2) is 48.5 Å². The molecular formula is C25H30N2O2. The lowest BCUT2D eigenvalue weighted by atomic mass is 9.55. The van der Waals surface area contributed by atoms with Crippen LogP contribution in [0.2, 0.25) is 0 Å². The van der Waals surface area contributed by atoms with Crippen molar-refractivity contribution in [3.63, 3.8) is 0 Å². The van der Waals surface area contributed by atoms with E-state index < -0.39 is 0 Å². The number of nitrogens with one attached hydrogen (secondary N) is 1. The highest BCUT2D eigenvalue weighted by molar-refractivity contribution is 5.86. The molecule has 1 saturated carbocycles. The van der Waals surface area contributed by atoms with Gasteiger partial charge in [-0.2, -0.15) is 0 Å². The van der Waals surface area contributed by atoms with Crippen LogP contribution in [0.5, 0.6) is 5.75 Å². The Morgan fingerprint density at radius 3 is 2.72 bits per heavy atom. The van der Waals surface area contributed by atoms with Gasteiger partial charge >= 0.3 is 0 Å². The Morgan fingerprint density at radius 2 is 1.97 bits per heavy atom. The standard InChI is InChI=1S/C25H30N2O2/c1-3-20-23(28)14-18-12-13-27(15-17-8-10-19(29-2)11-9-17)16-25(18)21-6-4-5-7-22(21)26-24(20)25/h4-11,18,20,24,26H,3,12-16H2,1-2H3/t18-,20+,24+,25+/m1/s1. The summed E-state index contributed by atoms with van der Waals surface area (Å²) < 4.78 is 5.31. The number of nitrogens with zero attached hydrogens (tertiary/aromatic N) is 1. The van der Waals surface area contributed by atoms with Crippen molar-refractivity contribution in [1.82, 2.24) is 4.90 Å². The van der Waals surface area contributed by atoms with Gasteiger partial charge in [0, 0.05) is 42.6 Å². The number of carbonyl (C=O) groups is 1. The SMILES string of the molecule is CC[C@H]1C(=O)C[C@H]2CCN(Cc3ccc(OC)cc3)C[C@@]23c2ccccc2N[C@@H]13. The Bertz CT molecular complexity index is 909. The second-order valence-corrected chi connectivity index (χ2v) is 8.94. The van der Waals surface area contributed by atoms with Crippen molar-refractivity contribution in [2.45, 2.75) is 44.2 Å². The van der Waals surface area contributed by atoms with Gasteiger partial charge in [0.05, 0.1) is 7.11 Å². The number of carbonyl (C=O) groups excluding carboxylic acids is 1. The smallest absolute Gasteiger partial charge is 0.138 e. The summed E-state index contributed by atoms with van der Waals surface area (Å²) in [7, 11) is 1.71. The third-order valence-electron chi connectivity index (χ3n) is 7.57. The summed E-state index contributed by atoms with van der Waals surface area (Å²) in [6, 6.07) is 17.4. The molecule has 0 unspecified atom stereocenters. The quantitative estimate of drug-likeness (QED) is 0.848. The molecule has 2 aromatic rings. The van der Waals surface area contributed by atoms with Crippen LogP contribution in [0.1, 0.15) is 37.3 Å². The molecule has 1 N–H and O–H groups in total. The summed E-state index contributed by atoms with van der Waals surface area (Å²) in [6.45, 7) is 5.18. The van der Waals surface area contributed by atoms with Crippen LogP contribution in [-0.2, 0) is 16.8 Å². The number of fused-ring (bicyclic) bond motifs is 1. The first-order valence-corrected chi connectivity index (χ1v) is 10.9. The Balaban J connectivity index is 1.49. The zero-order valence-electron chi connectivity index (χ0n) is 17.4. The van der Waals surface area contributed by atoms with Crippen LogP contribution < -0.4 is 10.1 Å². The molecule has 1 saturated heterocycles. The number of likely N-dealkylation sites (tertiary alicyclic amines) is 1. The number of hydrogen-bond acceptors (Lipinski definition) is 4. The third-order valence-corrected chi connectivity index (χ3v) is 7.57. The van der Waals surface area contributed by atoms with Gasteiger partial charge in [0.2, 0.25) is 0 Å². The van der Waals surface area contributed by atoms with Crippen molar-refractivity contribution in [1.29, 1.82) is 0 Å². The van der Waals surface area contributed by atoms with E-state index in [0.29, 0.717) is 11.7 Å². The molecule has 5 rings (SSSR count). The Morgan fingerprint density at radius 1 is 1.17 bits per heavy atom. The number of hydrogen-bond donors (Lipinski definition) is 1. The van der Waals surface area contributed by atoms with E-state index in [9.17, 15) is 4.79 Å². The van der Waals surface area contributed by atoms with Gasteiger partial charge in [-0.25, -0.2) is 0 Å². The van der Waals surface area contributed by atoms with Gasteiger partial charge in [0.1, 0.15) is 11.5 Å². The molecule has 0 aromatic heterocycles. The summed E-state index contributed by atoms with van der Waals surface area (Å²) in [5.74, 6) is 1.91. The molecule has 4 atom stereocenters. The molecule has 3 aliphatic rings. The number of anilines is 1. The average Bonchev–Trinajstić information content (AvgIpc) is 3.07. The first kappa shape index (κ1) is 18.7. The lowest BCUT2D eigenvalue weighted by Crippen LogP contribution is -2.63. The van der Waals surface area contributed by atoms with Crippen LogP contribution in [0.3, 0.4) is 0 Å². The molecule has 29 heavy (non-hydrogen) atoms. The molecule has 152 valence electrons. The number of methoxy groups -OCH3 is 1.